The molecule has 0 radical (unpaired) electrons. The molecule has 0 bridgehead atoms. The number of amides is 2. The standard InChI is InChI=1S/C12H16N2O3/c1-12(2,3)17-11(16)14(4)10(15)9-6-5-7-13-8-9/h5-8H,1-4H3. The molecule has 0 aliphatic carbocycles. The van der Waals surface area contributed by atoms with Crippen molar-refractivity contribution in [3.8, 4) is 0 Å². The first-order chi connectivity index (χ1) is 7.81. The van der Waals surface area contributed by atoms with Crippen LogP contribution in [0.3, 0.4) is 0 Å². The summed E-state index contributed by atoms with van der Waals surface area (Å²) in [6.07, 6.45) is 2.29. The summed E-state index contributed by atoms with van der Waals surface area (Å²) < 4.78 is 5.09. The lowest BCUT2D eigenvalue weighted by Crippen LogP contribution is -2.38. The van der Waals surface area contributed by atoms with Crippen molar-refractivity contribution in [3.05, 3.63) is 30.1 Å². The molecule has 0 atom stereocenters. The number of hydrogen-bond donors (Lipinski definition) is 0. The summed E-state index contributed by atoms with van der Waals surface area (Å²) in [4.78, 5) is 28.2. The van der Waals surface area contributed by atoms with E-state index in [2.05, 4.69) is 4.98 Å². The summed E-state index contributed by atoms with van der Waals surface area (Å²) in [6.45, 7) is 5.23. The van der Waals surface area contributed by atoms with Crippen LogP contribution in [0.4, 0.5) is 4.79 Å². The maximum absolute atomic E-state index is 11.9. The summed E-state index contributed by atoms with van der Waals surface area (Å²) in [7, 11) is 1.38. The van der Waals surface area contributed by atoms with Crippen LogP contribution in [0.5, 0.6) is 0 Å². The normalized spacial score (nSPS) is 10.8. The molecule has 1 aromatic heterocycles. The van der Waals surface area contributed by atoms with Crippen LogP contribution in [-0.2, 0) is 4.74 Å². The number of pyridine rings is 1. The maximum atomic E-state index is 11.9. The summed E-state index contributed by atoms with van der Waals surface area (Å²) in [5, 5.41) is 0. The number of imide groups is 1. The average Bonchev–Trinajstić information content (AvgIpc) is 2.26. The highest BCUT2D eigenvalue weighted by Gasteiger charge is 2.24. The van der Waals surface area contributed by atoms with Crippen molar-refractivity contribution in [1.29, 1.82) is 0 Å². The Morgan fingerprint density at radius 3 is 2.47 bits per heavy atom. The smallest absolute Gasteiger partial charge is 0.417 e. The van der Waals surface area contributed by atoms with E-state index in [0.29, 0.717) is 5.56 Å². The first kappa shape index (κ1) is 13.2. The van der Waals surface area contributed by atoms with Gasteiger partial charge in [0.05, 0.1) is 5.56 Å². The molecule has 0 spiro atoms. The van der Waals surface area contributed by atoms with E-state index in [-0.39, 0.29) is 0 Å². The highest BCUT2D eigenvalue weighted by Crippen LogP contribution is 2.10. The van der Waals surface area contributed by atoms with E-state index in [0.717, 1.165) is 4.90 Å². The molecule has 0 saturated carbocycles. The Labute approximate surface area is 100 Å². The zero-order chi connectivity index (χ0) is 13.1. The maximum Gasteiger partial charge on any atom is 0.417 e. The number of rotatable bonds is 1. The zero-order valence-corrected chi connectivity index (χ0v) is 10.4. The third-order valence-corrected chi connectivity index (χ3v) is 1.88. The molecule has 0 N–H and O–H groups in total. The third kappa shape index (κ3) is 3.86. The predicted octanol–water partition coefficient (Wildman–Crippen LogP) is 2.09. The summed E-state index contributed by atoms with van der Waals surface area (Å²) >= 11 is 0. The van der Waals surface area contributed by atoms with Gasteiger partial charge >= 0.3 is 6.09 Å². The Hall–Kier alpha value is -1.91. The van der Waals surface area contributed by atoms with Gasteiger partial charge in [0.15, 0.2) is 0 Å². The van der Waals surface area contributed by atoms with Crippen molar-refractivity contribution in [2.75, 3.05) is 7.05 Å². The molecule has 0 aliphatic heterocycles. The van der Waals surface area contributed by atoms with Crippen molar-refractivity contribution >= 4 is 12.0 Å². The SMILES string of the molecule is CN(C(=O)OC(C)(C)C)C(=O)c1cccnc1. The average molecular weight is 236 g/mol. The monoisotopic (exact) mass is 236 g/mol. The van der Waals surface area contributed by atoms with Crippen LogP contribution in [-0.4, -0.2) is 34.5 Å². The van der Waals surface area contributed by atoms with E-state index in [1.54, 1.807) is 39.1 Å². The largest absolute Gasteiger partial charge is 0.443 e. The van der Waals surface area contributed by atoms with Gasteiger partial charge in [-0.2, -0.15) is 0 Å². The molecule has 0 unspecified atom stereocenters. The lowest BCUT2D eigenvalue weighted by molar-refractivity contribution is 0.0284. The molecule has 5 nitrogen and oxygen atoms in total. The Kier molecular flexibility index (Phi) is 3.83. The van der Waals surface area contributed by atoms with E-state index >= 15 is 0 Å². The number of carbonyl (C=O) groups is 2. The Bertz CT molecular complexity index is 410. The second kappa shape index (κ2) is 4.95. The van der Waals surface area contributed by atoms with Crippen LogP contribution in [0.2, 0.25) is 0 Å². The van der Waals surface area contributed by atoms with Crippen LogP contribution in [0.15, 0.2) is 24.5 Å². The van der Waals surface area contributed by atoms with Crippen molar-refractivity contribution < 1.29 is 14.3 Å². The van der Waals surface area contributed by atoms with Crippen molar-refractivity contribution in [2.45, 2.75) is 26.4 Å². The lowest BCUT2D eigenvalue weighted by atomic mass is 10.2. The summed E-state index contributed by atoms with van der Waals surface area (Å²) in [5.74, 6) is -0.438. The molecule has 0 saturated heterocycles. The zero-order valence-electron chi connectivity index (χ0n) is 10.4. The van der Waals surface area contributed by atoms with Crippen LogP contribution in [0, 0.1) is 0 Å². The molecular weight excluding hydrogens is 220 g/mol. The fourth-order valence-electron chi connectivity index (χ4n) is 1.10. The summed E-state index contributed by atoms with van der Waals surface area (Å²) in [5.41, 5.74) is -0.276. The number of nitrogens with zero attached hydrogens (tertiary/aromatic N) is 2. The predicted molar refractivity (Wildman–Crippen MR) is 62.6 cm³/mol. The van der Waals surface area contributed by atoms with Crippen molar-refractivity contribution in [1.82, 2.24) is 9.88 Å². The van der Waals surface area contributed by atoms with Gasteiger partial charge < -0.3 is 4.74 Å². The van der Waals surface area contributed by atoms with Gasteiger partial charge in [-0.1, -0.05) is 0 Å². The molecule has 1 aromatic rings. The van der Waals surface area contributed by atoms with Gasteiger partial charge in [0.1, 0.15) is 5.60 Å². The second-order valence-electron chi connectivity index (χ2n) is 4.59. The first-order valence-electron chi connectivity index (χ1n) is 5.22. The third-order valence-electron chi connectivity index (χ3n) is 1.88. The van der Waals surface area contributed by atoms with Gasteiger partial charge in [-0.05, 0) is 32.9 Å². The highest BCUT2D eigenvalue weighted by atomic mass is 16.6. The molecule has 0 fully saturated rings. The van der Waals surface area contributed by atoms with E-state index in [9.17, 15) is 9.59 Å². The minimum Gasteiger partial charge on any atom is -0.443 e. The lowest BCUT2D eigenvalue weighted by Gasteiger charge is -2.23. The number of ether oxygens (including phenoxy) is 1. The molecule has 1 rings (SSSR count). The Morgan fingerprint density at radius 2 is 2.00 bits per heavy atom. The molecule has 0 aliphatic rings. The molecule has 17 heavy (non-hydrogen) atoms. The van der Waals surface area contributed by atoms with Crippen LogP contribution >= 0.6 is 0 Å². The topological polar surface area (TPSA) is 59.5 Å². The molecule has 5 heteroatoms. The Balaban J connectivity index is 2.74. The van der Waals surface area contributed by atoms with Crippen molar-refractivity contribution in [3.63, 3.8) is 0 Å². The second-order valence-corrected chi connectivity index (χ2v) is 4.59. The van der Waals surface area contributed by atoms with Gasteiger partial charge in [-0.3, -0.25) is 9.78 Å². The molecule has 92 valence electrons. The van der Waals surface area contributed by atoms with Gasteiger partial charge in [0, 0.05) is 19.4 Å². The van der Waals surface area contributed by atoms with E-state index in [1.807, 2.05) is 0 Å². The number of carbonyl (C=O) groups excluding carboxylic acids is 2. The van der Waals surface area contributed by atoms with Crippen LogP contribution in [0.25, 0.3) is 0 Å². The van der Waals surface area contributed by atoms with E-state index < -0.39 is 17.6 Å². The quantitative estimate of drug-likeness (QED) is 0.749. The molecule has 1 heterocycles. The highest BCUT2D eigenvalue weighted by molar-refractivity contribution is 6.02. The van der Waals surface area contributed by atoms with Crippen LogP contribution in [0.1, 0.15) is 31.1 Å². The van der Waals surface area contributed by atoms with Gasteiger partial charge in [-0.15, -0.1) is 0 Å². The minimum atomic E-state index is -0.675. The van der Waals surface area contributed by atoms with Gasteiger partial charge in [0.25, 0.3) is 5.91 Å². The number of hydrogen-bond acceptors (Lipinski definition) is 4. The fraction of sp³-hybridized carbons (Fsp3) is 0.417. The van der Waals surface area contributed by atoms with Crippen molar-refractivity contribution in [2.24, 2.45) is 0 Å². The molecular formula is C12H16N2O3. The molecule has 0 aromatic carbocycles. The fourth-order valence-corrected chi connectivity index (χ4v) is 1.10. The summed E-state index contributed by atoms with van der Waals surface area (Å²) in [6, 6.07) is 3.23. The van der Waals surface area contributed by atoms with Crippen LogP contribution < -0.4 is 0 Å². The van der Waals surface area contributed by atoms with E-state index in [4.69, 9.17) is 4.74 Å². The van der Waals surface area contributed by atoms with E-state index in [1.165, 1.54) is 13.2 Å². The van der Waals surface area contributed by atoms with Gasteiger partial charge in [0.2, 0.25) is 0 Å². The molecule has 2 amide bonds. The Morgan fingerprint density at radius 1 is 1.35 bits per heavy atom. The van der Waals surface area contributed by atoms with Gasteiger partial charge in [-0.25, -0.2) is 9.69 Å². The number of aromatic nitrogens is 1. The minimum absolute atomic E-state index is 0.348. The first-order valence-corrected chi connectivity index (χ1v) is 5.22.